The lowest BCUT2D eigenvalue weighted by molar-refractivity contribution is 0.281. The summed E-state index contributed by atoms with van der Waals surface area (Å²) in [7, 11) is 0. The topological polar surface area (TPSA) is 89.8 Å². The van der Waals surface area contributed by atoms with Gasteiger partial charge in [-0.05, 0) is 25.2 Å². The maximum absolute atomic E-state index is 8.85. The molecule has 2 aromatic heterocycles. The molecule has 0 aliphatic rings. The van der Waals surface area contributed by atoms with Crippen LogP contribution in [-0.2, 0) is 6.54 Å². The van der Waals surface area contributed by atoms with E-state index in [4.69, 9.17) is 10.8 Å². The lowest BCUT2D eigenvalue weighted by Crippen LogP contribution is -2.03. The van der Waals surface area contributed by atoms with Gasteiger partial charge in [-0.25, -0.2) is 15.0 Å². The molecule has 6 heteroatoms. The van der Waals surface area contributed by atoms with Gasteiger partial charge in [0.15, 0.2) is 11.5 Å². The number of aliphatic hydroxyl groups is 1. The van der Waals surface area contributed by atoms with E-state index < -0.39 is 0 Å². The Balaban J connectivity index is 2.23. The largest absolute Gasteiger partial charge is 0.396 e. The van der Waals surface area contributed by atoms with Crippen LogP contribution in [0.4, 0.5) is 5.82 Å². The quantitative estimate of drug-likeness (QED) is 0.623. The number of unbranched alkanes of at least 4 members (excludes halogenated alkanes) is 3. The summed E-state index contributed by atoms with van der Waals surface area (Å²) in [6, 6.07) is 0. The molecule has 0 bridgehead atoms. The number of aliphatic hydroxyl groups excluding tert-OH is 1. The fourth-order valence-corrected chi connectivity index (χ4v) is 1.99. The third-order valence-corrected chi connectivity index (χ3v) is 3.15. The van der Waals surface area contributed by atoms with E-state index in [2.05, 4.69) is 33.7 Å². The number of anilines is 1. The van der Waals surface area contributed by atoms with E-state index in [1.807, 2.05) is 4.57 Å². The molecular formula is C15H21N5O. The maximum atomic E-state index is 8.85. The fraction of sp³-hybridized carbons (Fsp3) is 0.533. The summed E-state index contributed by atoms with van der Waals surface area (Å²) in [5.74, 6) is 6.83. The first-order valence-corrected chi connectivity index (χ1v) is 7.34. The molecular weight excluding hydrogens is 266 g/mol. The minimum absolute atomic E-state index is 0.192. The van der Waals surface area contributed by atoms with Crippen molar-refractivity contribution in [3.05, 3.63) is 12.2 Å². The molecule has 21 heavy (non-hydrogen) atoms. The van der Waals surface area contributed by atoms with Crippen LogP contribution in [0, 0.1) is 11.8 Å². The van der Waals surface area contributed by atoms with Crippen molar-refractivity contribution in [2.75, 3.05) is 12.3 Å². The van der Waals surface area contributed by atoms with Crippen LogP contribution in [0.25, 0.3) is 11.2 Å². The van der Waals surface area contributed by atoms with Crippen molar-refractivity contribution in [2.45, 2.75) is 45.6 Å². The number of hydrogen-bond donors (Lipinski definition) is 2. The third kappa shape index (κ3) is 3.92. The van der Waals surface area contributed by atoms with Gasteiger partial charge in [-0.3, -0.25) is 0 Å². The second kappa shape index (κ2) is 7.60. The molecule has 0 unspecified atom stereocenters. The second-order valence-electron chi connectivity index (χ2n) is 4.88. The number of aromatic nitrogens is 4. The van der Waals surface area contributed by atoms with Gasteiger partial charge in [0.1, 0.15) is 5.52 Å². The van der Waals surface area contributed by atoms with Crippen LogP contribution in [0.5, 0.6) is 0 Å². The lowest BCUT2D eigenvalue weighted by Gasteiger charge is -2.03. The Kier molecular flexibility index (Phi) is 5.52. The summed E-state index contributed by atoms with van der Waals surface area (Å²) in [6.45, 7) is 3.07. The van der Waals surface area contributed by atoms with Crippen molar-refractivity contribution in [1.82, 2.24) is 19.5 Å². The third-order valence-electron chi connectivity index (χ3n) is 3.15. The molecule has 0 spiro atoms. The number of hydrogen-bond acceptors (Lipinski definition) is 5. The van der Waals surface area contributed by atoms with Crippen molar-refractivity contribution in [2.24, 2.45) is 0 Å². The number of aryl methyl sites for hydroxylation is 1. The Hall–Kier alpha value is -2.13. The molecule has 112 valence electrons. The Bertz CT molecular complexity index is 653. The van der Waals surface area contributed by atoms with Crippen LogP contribution in [0.15, 0.2) is 6.33 Å². The molecule has 3 N–H and O–H groups in total. The Morgan fingerprint density at radius 3 is 2.90 bits per heavy atom. The summed E-state index contributed by atoms with van der Waals surface area (Å²) >= 11 is 0. The van der Waals surface area contributed by atoms with Gasteiger partial charge in [0.2, 0.25) is 5.82 Å². The fourth-order valence-electron chi connectivity index (χ4n) is 1.99. The molecule has 0 saturated heterocycles. The van der Waals surface area contributed by atoms with Gasteiger partial charge < -0.3 is 15.4 Å². The van der Waals surface area contributed by atoms with Crippen LogP contribution in [0.1, 0.15) is 44.9 Å². The summed E-state index contributed by atoms with van der Waals surface area (Å²) in [5, 5.41) is 8.85. The highest BCUT2D eigenvalue weighted by molar-refractivity contribution is 5.81. The predicted octanol–water partition coefficient (Wildman–Crippen LogP) is 1.72. The summed E-state index contributed by atoms with van der Waals surface area (Å²) in [5.41, 5.74) is 7.24. The van der Waals surface area contributed by atoms with Gasteiger partial charge in [-0.2, -0.15) is 0 Å². The highest BCUT2D eigenvalue weighted by Gasteiger charge is 2.10. The molecule has 2 rings (SSSR count). The van der Waals surface area contributed by atoms with E-state index in [0.717, 1.165) is 38.6 Å². The first-order valence-electron chi connectivity index (χ1n) is 7.34. The van der Waals surface area contributed by atoms with Gasteiger partial charge in [0.05, 0.1) is 6.33 Å². The first-order chi connectivity index (χ1) is 10.3. The monoisotopic (exact) mass is 287 g/mol. The van der Waals surface area contributed by atoms with Crippen molar-refractivity contribution >= 4 is 17.0 Å². The molecule has 0 atom stereocenters. The molecule has 0 aliphatic heterocycles. The molecule has 0 fully saturated rings. The van der Waals surface area contributed by atoms with E-state index in [0.29, 0.717) is 22.8 Å². The highest BCUT2D eigenvalue weighted by atomic mass is 16.2. The molecule has 0 radical (unpaired) electrons. The summed E-state index contributed by atoms with van der Waals surface area (Å²) in [4.78, 5) is 12.9. The average Bonchev–Trinajstić information content (AvgIpc) is 2.88. The van der Waals surface area contributed by atoms with Crippen LogP contribution >= 0.6 is 0 Å². The van der Waals surface area contributed by atoms with E-state index >= 15 is 0 Å². The Labute approximate surface area is 124 Å². The van der Waals surface area contributed by atoms with Crippen molar-refractivity contribution in [3.63, 3.8) is 0 Å². The van der Waals surface area contributed by atoms with Gasteiger partial charge >= 0.3 is 0 Å². The summed E-state index contributed by atoms with van der Waals surface area (Å²) in [6.07, 6.45) is 6.36. The van der Waals surface area contributed by atoms with E-state index in [1.54, 1.807) is 6.33 Å². The number of fused-ring (bicyclic) bond motifs is 1. The zero-order chi connectivity index (χ0) is 15.1. The number of nitrogens with zero attached hydrogens (tertiary/aromatic N) is 4. The molecule has 0 saturated carbocycles. The number of imidazole rings is 1. The van der Waals surface area contributed by atoms with Crippen molar-refractivity contribution < 1.29 is 5.11 Å². The van der Waals surface area contributed by atoms with E-state index in [9.17, 15) is 0 Å². The smallest absolute Gasteiger partial charge is 0.208 e. The van der Waals surface area contributed by atoms with Gasteiger partial charge in [-0.1, -0.05) is 19.3 Å². The molecule has 0 aromatic carbocycles. The molecule has 2 heterocycles. The Morgan fingerprint density at radius 2 is 2.14 bits per heavy atom. The number of nitrogens with two attached hydrogens (primary N) is 1. The van der Waals surface area contributed by atoms with Crippen LogP contribution in [0.2, 0.25) is 0 Å². The zero-order valence-corrected chi connectivity index (χ0v) is 12.3. The minimum Gasteiger partial charge on any atom is -0.396 e. The SMILES string of the molecule is CCCCC#Cc1nc(N)c2ncn(CCCCO)c2n1. The van der Waals surface area contributed by atoms with Crippen LogP contribution < -0.4 is 5.73 Å². The standard InChI is InChI=1S/C15H21N5O/c1-2-3-4-5-8-12-18-14(16)13-15(19-12)20(11-17-13)9-6-7-10-21/h11,21H,2-4,6-7,9-10H2,1H3,(H2,16,18,19). The van der Waals surface area contributed by atoms with Gasteiger partial charge in [0, 0.05) is 19.6 Å². The zero-order valence-electron chi connectivity index (χ0n) is 12.3. The lowest BCUT2D eigenvalue weighted by atomic mass is 10.2. The minimum atomic E-state index is 0.192. The van der Waals surface area contributed by atoms with Crippen molar-refractivity contribution in [3.8, 4) is 11.8 Å². The van der Waals surface area contributed by atoms with Crippen LogP contribution in [0.3, 0.4) is 0 Å². The average molecular weight is 287 g/mol. The molecule has 0 amide bonds. The predicted molar refractivity (Wildman–Crippen MR) is 82.5 cm³/mol. The van der Waals surface area contributed by atoms with Gasteiger partial charge in [-0.15, -0.1) is 0 Å². The normalized spacial score (nSPS) is 10.6. The second-order valence-corrected chi connectivity index (χ2v) is 4.88. The molecule has 2 aromatic rings. The summed E-state index contributed by atoms with van der Waals surface area (Å²) < 4.78 is 1.93. The number of nitrogen functional groups attached to an aromatic ring is 1. The first kappa shape index (κ1) is 15.3. The molecule has 0 aliphatic carbocycles. The van der Waals surface area contributed by atoms with Crippen molar-refractivity contribution in [1.29, 1.82) is 0 Å². The molecule has 6 nitrogen and oxygen atoms in total. The highest BCUT2D eigenvalue weighted by Crippen LogP contribution is 2.16. The van der Waals surface area contributed by atoms with Crippen LogP contribution in [-0.4, -0.2) is 31.2 Å². The Morgan fingerprint density at radius 1 is 1.29 bits per heavy atom. The van der Waals surface area contributed by atoms with E-state index in [-0.39, 0.29) is 6.61 Å². The van der Waals surface area contributed by atoms with E-state index in [1.165, 1.54) is 0 Å². The van der Waals surface area contributed by atoms with Gasteiger partial charge in [0.25, 0.3) is 0 Å². The maximum Gasteiger partial charge on any atom is 0.208 e. The number of rotatable bonds is 6.